The van der Waals surface area contributed by atoms with Crippen molar-refractivity contribution in [3.8, 4) is 11.4 Å². The van der Waals surface area contributed by atoms with Crippen molar-refractivity contribution in [3.05, 3.63) is 40.8 Å². The van der Waals surface area contributed by atoms with Crippen molar-refractivity contribution in [2.24, 2.45) is 0 Å². The minimum Gasteiger partial charge on any atom is -0.296 e. The van der Waals surface area contributed by atoms with Crippen molar-refractivity contribution in [2.75, 3.05) is 0 Å². The molecular formula is C13H13BrN4O. The lowest BCUT2D eigenvalue weighted by molar-refractivity contribution is 0.609. The first-order valence-electron chi connectivity index (χ1n) is 6.28. The highest BCUT2D eigenvalue weighted by Gasteiger charge is 2.20. The van der Waals surface area contributed by atoms with Crippen LogP contribution in [0.1, 0.15) is 29.9 Å². The smallest absolute Gasteiger partial charge is 0.254 e. The Morgan fingerprint density at radius 2 is 2.21 bits per heavy atom. The molecule has 0 aliphatic carbocycles. The first kappa shape index (κ1) is 12.5. The van der Waals surface area contributed by atoms with Crippen LogP contribution < -0.4 is 5.56 Å². The van der Waals surface area contributed by atoms with Crippen molar-refractivity contribution in [1.82, 2.24) is 19.5 Å². The van der Waals surface area contributed by atoms with E-state index >= 15 is 0 Å². The van der Waals surface area contributed by atoms with Crippen LogP contribution in [0.5, 0.6) is 0 Å². The fourth-order valence-corrected chi connectivity index (χ4v) is 2.96. The van der Waals surface area contributed by atoms with Crippen LogP contribution in [0.2, 0.25) is 0 Å². The molecule has 0 N–H and O–H groups in total. The molecule has 2 aromatic heterocycles. The lowest BCUT2D eigenvalue weighted by atomic mass is 10.2. The summed E-state index contributed by atoms with van der Waals surface area (Å²) in [6.45, 7) is 0.743. The zero-order chi connectivity index (χ0) is 13.2. The molecule has 6 heteroatoms. The van der Waals surface area contributed by atoms with Gasteiger partial charge in [-0.05, 0) is 18.9 Å². The Kier molecular flexibility index (Phi) is 3.42. The van der Waals surface area contributed by atoms with E-state index in [1.165, 1.54) is 6.33 Å². The van der Waals surface area contributed by atoms with E-state index < -0.39 is 0 Å². The molecule has 3 rings (SSSR count). The summed E-state index contributed by atoms with van der Waals surface area (Å²) in [6, 6.07) is 3.32. The Morgan fingerprint density at radius 1 is 1.32 bits per heavy atom. The van der Waals surface area contributed by atoms with Gasteiger partial charge in [0, 0.05) is 18.8 Å². The highest BCUT2D eigenvalue weighted by Crippen LogP contribution is 2.30. The molecule has 2 aromatic rings. The van der Waals surface area contributed by atoms with Crippen LogP contribution in [0.15, 0.2) is 29.5 Å². The quantitative estimate of drug-likeness (QED) is 0.756. The Morgan fingerprint density at radius 3 is 3.00 bits per heavy atom. The number of hydrogen-bond donors (Lipinski definition) is 0. The summed E-state index contributed by atoms with van der Waals surface area (Å²) in [7, 11) is 0. The Hall–Kier alpha value is -1.56. The summed E-state index contributed by atoms with van der Waals surface area (Å²) in [5.74, 6) is 0.804. The number of hydrogen-bond acceptors (Lipinski definition) is 4. The zero-order valence-electron chi connectivity index (χ0n) is 10.3. The van der Waals surface area contributed by atoms with Crippen LogP contribution in [-0.2, 0) is 6.54 Å². The molecule has 98 valence electrons. The second-order valence-electron chi connectivity index (χ2n) is 4.55. The third-order valence-corrected chi connectivity index (χ3v) is 4.12. The normalized spacial score (nSPS) is 18.7. The SMILES string of the molecule is O=c1cc(-c2ccncn2)nc2n1CCCCC2Br. The maximum absolute atomic E-state index is 12.2. The molecule has 0 amide bonds. The van der Waals surface area contributed by atoms with E-state index in [4.69, 9.17) is 0 Å². The van der Waals surface area contributed by atoms with Gasteiger partial charge in [0.15, 0.2) is 0 Å². The molecule has 5 nitrogen and oxygen atoms in total. The van der Waals surface area contributed by atoms with Crippen LogP contribution in [0.25, 0.3) is 11.4 Å². The number of halogens is 1. The van der Waals surface area contributed by atoms with E-state index in [9.17, 15) is 4.79 Å². The van der Waals surface area contributed by atoms with Gasteiger partial charge in [0.1, 0.15) is 12.2 Å². The summed E-state index contributed by atoms with van der Waals surface area (Å²) in [4.78, 5) is 25.0. The molecule has 0 fully saturated rings. The van der Waals surface area contributed by atoms with Gasteiger partial charge >= 0.3 is 0 Å². The van der Waals surface area contributed by atoms with Crippen molar-refractivity contribution >= 4 is 15.9 Å². The average molecular weight is 321 g/mol. The number of aromatic nitrogens is 4. The minimum atomic E-state index is -0.00929. The number of fused-ring (bicyclic) bond motifs is 1. The van der Waals surface area contributed by atoms with E-state index in [2.05, 4.69) is 30.9 Å². The summed E-state index contributed by atoms with van der Waals surface area (Å²) >= 11 is 3.62. The van der Waals surface area contributed by atoms with Crippen molar-refractivity contribution in [1.29, 1.82) is 0 Å². The van der Waals surface area contributed by atoms with Gasteiger partial charge in [-0.1, -0.05) is 22.4 Å². The van der Waals surface area contributed by atoms with Gasteiger partial charge in [-0.3, -0.25) is 9.36 Å². The molecule has 1 aliphatic rings. The lowest BCUT2D eigenvalue weighted by Crippen LogP contribution is -2.24. The molecule has 0 aromatic carbocycles. The van der Waals surface area contributed by atoms with Gasteiger partial charge in [0.25, 0.3) is 5.56 Å². The topological polar surface area (TPSA) is 60.7 Å². The monoisotopic (exact) mass is 320 g/mol. The molecule has 1 aliphatic heterocycles. The van der Waals surface area contributed by atoms with E-state index in [1.54, 1.807) is 22.9 Å². The average Bonchev–Trinajstić information content (AvgIpc) is 2.63. The molecule has 0 bridgehead atoms. The number of nitrogens with zero attached hydrogens (tertiary/aromatic N) is 4. The molecule has 3 heterocycles. The van der Waals surface area contributed by atoms with Gasteiger partial charge < -0.3 is 0 Å². The minimum absolute atomic E-state index is 0.00929. The second kappa shape index (κ2) is 5.21. The fraction of sp³-hybridized carbons (Fsp3) is 0.385. The van der Waals surface area contributed by atoms with E-state index in [0.29, 0.717) is 11.4 Å². The van der Waals surface area contributed by atoms with Crippen LogP contribution in [-0.4, -0.2) is 19.5 Å². The Labute approximate surface area is 118 Å². The first-order chi connectivity index (χ1) is 9.25. The highest BCUT2D eigenvalue weighted by atomic mass is 79.9. The predicted molar refractivity (Wildman–Crippen MR) is 75.0 cm³/mol. The summed E-state index contributed by atoms with van der Waals surface area (Å²) in [5.41, 5.74) is 1.29. The van der Waals surface area contributed by atoms with Crippen LogP contribution in [0, 0.1) is 0 Å². The van der Waals surface area contributed by atoms with Gasteiger partial charge in [0.05, 0.1) is 16.2 Å². The lowest BCUT2D eigenvalue weighted by Gasteiger charge is -2.13. The molecule has 0 radical (unpaired) electrons. The molecule has 1 atom stereocenters. The fourth-order valence-electron chi connectivity index (χ4n) is 2.28. The van der Waals surface area contributed by atoms with Crippen molar-refractivity contribution in [3.63, 3.8) is 0 Å². The second-order valence-corrected chi connectivity index (χ2v) is 5.65. The highest BCUT2D eigenvalue weighted by molar-refractivity contribution is 9.09. The van der Waals surface area contributed by atoms with Crippen LogP contribution in [0.3, 0.4) is 0 Å². The van der Waals surface area contributed by atoms with E-state index in [-0.39, 0.29) is 10.4 Å². The van der Waals surface area contributed by atoms with Crippen molar-refractivity contribution in [2.45, 2.75) is 30.6 Å². The number of alkyl halides is 1. The van der Waals surface area contributed by atoms with Gasteiger partial charge in [0.2, 0.25) is 0 Å². The zero-order valence-corrected chi connectivity index (χ0v) is 11.9. The van der Waals surface area contributed by atoms with Gasteiger partial charge in [-0.25, -0.2) is 15.0 Å². The Balaban J connectivity index is 2.15. The van der Waals surface area contributed by atoms with Crippen LogP contribution >= 0.6 is 15.9 Å². The molecule has 19 heavy (non-hydrogen) atoms. The van der Waals surface area contributed by atoms with E-state index in [0.717, 1.165) is 31.6 Å². The third-order valence-electron chi connectivity index (χ3n) is 3.25. The maximum atomic E-state index is 12.2. The Bertz CT molecular complexity index is 641. The molecule has 0 spiro atoms. The standard InChI is InChI=1S/C13H13BrN4O/c14-9-3-1-2-6-18-12(19)7-11(17-13(9)18)10-4-5-15-8-16-10/h4-5,7-9H,1-3,6H2. The molecule has 0 saturated carbocycles. The van der Waals surface area contributed by atoms with Crippen LogP contribution in [0.4, 0.5) is 0 Å². The maximum Gasteiger partial charge on any atom is 0.254 e. The molecule has 0 saturated heterocycles. The predicted octanol–water partition coefficient (Wildman–Crippen LogP) is 2.32. The summed E-state index contributed by atoms with van der Waals surface area (Å²) in [6.07, 6.45) is 6.23. The molecule has 1 unspecified atom stereocenters. The first-order valence-corrected chi connectivity index (χ1v) is 7.19. The third kappa shape index (κ3) is 2.45. The summed E-state index contributed by atoms with van der Waals surface area (Å²) in [5, 5.41) is 0. The van der Waals surface area contributed by atoms with Gasteiger partial charge in [-0.15, -0.1) is 0 Å². The van der Waals surface area contributed by atoms with E-state index in [1.807, 2.05) is 0 Å². The van der Waals surface area contributed by atoms with Gasteiger partial charge in [-0.2, -0.15) is 0 Å². The summed E-state index contributed by atoms with van der Waals surface area (Å²) < 4.78 is 1.76. The number of rotatable bonds is 1. The largest absolute Gasteiger partial charge is 0.296 e. The molecular weight excluding hydrogens is 308 g/mol. The van der Waals surface area contributed by atoms with Crippen molar-refractivity contribution < 1.29 is 0 Å².